The molecule has 0 atom stereocenters. The minimum Gasteiger partial charge on any atom is -0.490 e. The Morgan fingerprint density at radius 1 is 1.18 bits per heavy atom. The number of alkyl halides is 3. The van der Waals surface area contributed by atoms with Gasteiger partial charge in [-0.1, -0.05) is 20.8 Å². The zero-order chi connectivity index (χ0) is 24.6. The van der Waals surface area contributed by atoms with Gasteiger partial charge in [0.25, 0.3) is 0 Å². The quantitative estimate of drug-likeness (QED) is 0.252. The molecule has 0 unspecified atom stereocenters. The van der Waals surface area contributed by atoms with E-state index in [-0.39, 0.29) is 40.3 Å². The van der Waals surface area contributed by atoms with Gasteiger partial charge in [0, 0.05) is 24.7 Å². The van der Waals surface area contributed by atoms with Gasteiger partial charge in [0.05, 0.1) is 30.2 Å². The standard InChI is InChI=1S/C22H24F3N5O2S/c1-21(2,3)18-13-30(8-7-22(23,24)25)20(33-18)29-19(28-14-27)16-11-15(12-26)5-6-17(16)32-10-9-31-4/h5-6,11,13H,7-10H2,1-4H3/b28-19+,29-20-. The first-order valence-corrected chi connectivity index (χ1v) is 10.8. The maximum atomic E-state index is 12.9. The van der Waals surface area contributed by atoms with Crippen molar-refractivity contribution in [1.82, 2.24) is 4.57 Å². The fourth-order valence-electron chi connectivity index (χ4n) is 2.64. The minimum atomic E-state index is -4.33. The smallest absolute Gasteiger partial charge is 0.390 e. The molecular formula is C22H24F3N5O2S. The number of aryl methyl sites for hydroxylation is 1. The van der Waals surface area contributed by atoms with Crippen LogP contribution in [0.5, 0.6) is 5.75 Å². The van der Waals surface area contributed by atoms with Crippen LogP contribution in [0.15, 0.2) is 34.4 Å². The number of methoxy groups -OCH3 is 1. The third-order valence-electron chi connectivity index (χ3n) is 4.35. The van der Waals surface area contributed by atoms with Gasteiger partial charge in [-0.2, -0.15) is 33.7 Å². The largest absolute Gasteiger partial charge is 0.490 e. The highest BCUT2D eigenvalue weighted by Crippen LogP contribution is 2.26. The Balaban J connectivity index is 2.65. The molecule has 176 valence electrons. The molecular weight excluding hydrogens is 455 g/mol. The Kier molecular flexibility index (Phi) is 8.80. The molecule has 2 aromatic rings. The zero-order valence-electron chi connectivity index (χ0n) is 18.7. The number of aromatic nitrogens is 1. The van der Waals surface area contributed by atoms with E-state index in [4.69, 9.17) is 9.47 Å². The third-order valence-corrected chi connectivity index (χ3v) is 5.79. The molecule has 0 aliphatic rings. The number of amidine groups is 1. The summed E-state index contributed by atoms with van der Waals surface area (Å²) in [7, 11) is 1.52. The first-order chi connectivity index (χ1) is 15.5. The van der Waals surface area contributed by atoms with Gasteiger partial charge in [0.2, 0.25) is 6.19 Å². The summed E-state index contributed by atoms with van der Waals surface area (Å²) in [6.07, 6.45) is -2.04. The van der Waals surface area contributed by atoms with Crippen LogP contribution in [0.25, 0.3) is 0 Å². The second-order valence-corrected chi connectivity index (χ2v) is 9.01. The van der Waals surface area contributed by atoms with Crippen molar-refractivity contribution in [3.63, 3.8) is 0 Å². The normalized spacial score (nSPS) is 13.0. The van der Waals surface area contributed by atoms with Crippen LogP contribution in [0, 0.1) is 22.8 Å². The van der Waals surface area contributed by atoms with Crippen molar-refractivity contribution in [3.05, 3.63) is 45.2 Å². The average molecular weight is 480 g/mol. The van der Waals surface area contributed by atoms with E-state index in [1.807, 2.05) is 26.8 Å². The van der Waals surface area contributed by atoms with Crippen LogP contribution >= 0.6 is 11.3 Å². The maximum absolute atomic E-state index is 12.9. The molecule has 0 aliphatic heterocycles. The molecule has 0 aliphatic carbocycles. The fraction of sp³-hybridized carbons (Fsp3) is 0.455. The van der Waals surface area contributed by atoms with Gasteiger partial charge in [-0.3, -0.25) is 0 Å². The van der Waals surface area contributed by atoms with Crippen molar-refractivity contribution in [2.75, 3.05) is 20.3 Å². The van der Waals surface area contributed by atoms with Crippen molar-refractivity contribution in [3.8, 4) is 18.0 Å². The summed E-state index contributed by atoms with van der Waals surface area (Å²) in [6.45, 7) is 6.01. The number of aliphatic imine (C=N–C) groups is 1. The maximum Gasteiger partial charge on any atom is 0.390 e. The number of nitrogens with zero attached hydrogens (tertiary/aromatic N) is 5. The second kappa shape index (κ2) is 11.1. The monoisotopic (exact) mass is 479 g/mol. The minimum absolute atomic E-state index is 0.0647. The zero-order valence-corrected chi connectivity index (χ0v) is 19.5. The first-order valence-electron chi connectivity index (χ1n) is 9.93. The van der Waals surface area contributed by atoms with Crippen molar-refractivity contribution >= 4 is 17.2 Å². The Bertz CT molecular complexity index is 1140. The summed E-state index contributed by atoms with van der Waals surface area (Å²) in [4.78, 5) is 9.29. The lowest BCUT2D eigenvalue weighted by atomic mass is 9.95. The van der Waals surface area contributed by atoms with Crippen LogP contribution < -0.4 is 9.54 Å². The Labute approximate surface area is 194 Å². The first kappa shape index (κ1) is 26.1. The number of nitriles is 2. The van der Waals surface area contributed by atoms with E-state index in [1.165, 1.54) is 29.1 Å². The Morgan fingerprint density at radius 3 is 2.48 bits per heavy atom. The van der Waals surface area contributed by atoms with Gasteiger partial charge in [-0.05, 0) is 23.6 Å². The van der Waals surface area contributed by atoms with Crippen molar-refractivity contribution in [2.24, 2.45) is 9.98 Å². The van der Waals surface area contributed by atoms with Crippen LogP contribution in [0.2, 0.25) is 0 Å². The predicted octanol–water partition coefficient (Wildman–Crippen LogP) is 4.52. The molecule has 0 fully saturated rings. The van der Waals surface area contributed by atoms with Crippen molar-refractivity contribution < 1.29 is 22.6 Å². The molecule has 1 aromatic carbocycles. The van der Waals surface area contributed by atoms with Gasteiger partial charge in [0.15, 0.2) is 10.6 Å². The molecule has 0 bridgehead atoms. The molecule has 2 rings (SSSR count). The third kappa shape index (κ3) is 7.74. The molecule has 0 N–H and O–H groups in total. The molecule has 11 heteroatoms. The van der Waals surface area contributed by atoms with E-state index in [0.717, 1.165) is 4.88 Å². The van der Waals surface area contributed by atoms with Gasteiger partial charge in [-0.15, -0.1) is 11.3 Å². The van der Waals surface area contributed by atoms with Gasteiger partial charge >= 0.3 is 6.18 Å². The number of benzene rings is 1. The molecule has 0 amide bonds. The molecule has 0 saturated carbocycles. The van der Waals surface area contributed by atoms with E-state index in [2.05, 4.69) is 9.98 Å². The van der Waals surface area contributed by atoms with Crippen LogP contribution in [0.1, 0.15) is 43.2 Å². The molecule has 0 radical (unpaired) electrons. The summed E-state index contributed by atoms with van der Waals surface area (Å²) >= 11 is 1.22. The van der Waals surface area contributed by atoms with E-state index in [1.54, 1.807) is 24.5 Å². The topological polar surface area (TPSA) is 95.7 Å². The predicted molar refractivity (Wildman–Crippen MR) is 118 cm³/mol. The Hall–Kier alpha value is -3.15. The molecule has 0 spiro atoms. The van der Waals surface area contributed by atoms with Crippen molar-refractivity contribution in [1.29, 1.82) is 10.5 Å². The lowest BCUT2D eigenvalue weighted by Gasteiger charge is -2.14. The van der Waals surface area contributed by atoms with Gasteiger partial charge < -0.3 is 14.0 Å². The highest BCUT2D eigenvalue weighted by molar-refractivity contribution is 7.09. The number of hydrogen-bond acceptors (Lipinski definition) is 6. The van der Waals surface area contributed by atoms with Crippen LogP contribution in [-0.2, 0) is 16.7 Å². The van der Waals surface area contributed by atoms with Crippen LogP contribution in [-0.4, -0.2) is 36.9 Å². The van der Waals surface area contributed by atoms with E-state index in [9.17, 15) is 23.7 Å². The van der Waals surface area contributed by atoms with Gasteiger partial charge in [-0.25, -0.2) is 0 Å². The lowest BCUT2D eigenvalue weighted by Crippen LogP contribution is -2.21. The summed E-state index contributed by atoms with van der Waals surface area (Å²) in [6, 6.07) is 6.58. The van der Waals surface area contributed by atoms with Gasteiger partial charge in [0.1, 0.15) is 12.4 Å². The highest BCUT2D eigenvalue weighted by Gasteiger charge is 2.27. The molecule has 1 aromatic heterocycles. The second-order valence-electron chi connectivity index (χ2n) is 8.00. The number of rotatable bonds is 7. The van der Waals surface area contributed by atoms with Crippen LogP contribution in [0.3, 0.4) is 0 Å². The van der Waals surface area contributed by atoms with E-state index in [0.29, 0.717) is 12.4 Å². The highest BCUT2D eigenvalue weighted by atomic mass is 32.1. The lowest BCUT2D eigenvalue weighted by molar-refractivity contribution is -0.136. The van der Waals surface area contributed by atoms with Crippen molar-refractivity contribution in [2.45, 2.75) is 45.3 Å². The van der Waals surface area contributed by atoms with Crippen LogP contribution in [0.4, 0.5) is 13.2 Å². The summed E-state index contributed by atoms with van der Waals surface area (Å²) in [5.41, 5.74) is 0.247. The molecule has 0 saturated heterocycles. The summed E-state index contributed by atoms with van der Waals surface area (Å²) < 4.78 is 50.7. The Morgan fingerprint density at radius 2 is 1.91 bits per heavy atom. The summed E-state index contributed by atoms with van der Waals surface area (Å²) in [5.74, 6) is 0.253. The van der Waals surface area contributed by atoms with E-state index >= 15 is 0 Å². The number of hydrogen-bond donors (Lipinski definition) is 0. The molecule has 1 heterocycles. The van der Waals surface area contributed by atoms with E-state index < -0.39 is 12.6 Å². The number of thiazole rings is 1. The fourth-order valence-corrected chi connectivity index (χ4v) is 3.72. The summed E-state index contributed by atoms with van der Waals surface area (Å²) in [5, 5.41) is 18.5. The molecule has 7 nitrogen and oxygen atoms in total. The molecule has 33 heavy (non-hydrogen) atoms. The number of ether oxygens (including phenoxy) is 2. The number of halogens is 3. The average Bonchev–Trinajstić information content (AvgIpc) is 3.15. The SMILES string of the molecule is COCCOc1ccc(C#N)cc1C(/N=c1\sc(C(C)(C)C)cn1CCC(F)(F)F)=N\C#N.